The van der Waals surface area contributed by atoms with Crippen LogP contribution in [0.5, 0.6) is 11.5 Å². The summed E-state index contributed by atoms with van der Waals surface area (Å²) in [7, 11) is -2.43. The van der Waals surface area contributed by atoms with Crippen LogP contribution in [0.15, 0.2) is 36.4 Å². The molecule has 0 radical (unpaired) electrons. The average Bonchev–Trinajstić information content (AvgIpc) is 3.17. The summed E-state index contributed by atoms with van der Waals surface area (Å²) in [6.45, 7) is 2.26. The van der Waals surface area contributed by atoms with Gasteiger partial charge in [0.15, 0.2) is 5.78 Å². The van der Waals surface area contributed by atoms with E-state index in [1.807, 2.05) is 36.4 Å². The lowest BCUT2D eigenvalue weighted by molar-refractivity contribution is 0.0977. The molecule has 2 aromatic rings. The van der Waals surface area contributed by atoms with Crippen LogP contribution in [-0.2, 0) is 11.0 Å². The van der Waals surface area contributed by atoms with Gasteiger partial charge in [0.1, 0.15) is 11.5 Å². The fourth-order valence-electron chi connectivity index (χ4n) is 2.81. The Morgan fingerprint density at radius 3 is 2.43 bits per heavy atom. The number of methoxy groups -OCH3 is 1. The van der Waals surface area contributed by atoms with Gasteiger partial charge in [-0.25, -0.2) is 0 Å². The summed E-state index contributed by atoms with van der Waals surface area (Å²) in [5.41, 5.74) is 5.50. The molecule has 0 aliphatic carbocycles. The lowest BCUT2D eigenvalue weighted by Crippen LogP contribution is -2.37. The van der Waals surface area contributed by atoms with Gasteiger partial charge in [0.25, 0.3) is 0 Å². The highest BCUT2D eigenvalue weighted by atomic mass is 32.1. The number of carbonyl (C=O) groups excluding carboxylic acids is 1. The van der Waals surface area contributed by atoms with Crippen LogP contribution in [0.25, 0.3) is 0 Å². The Kier molecular flexibility index (Phi) is 9.07. The summed E-state index contributed by atoms with van der Waals surface area (Å²) in [6, 6.07) is 11.1. The summed E-state index contributed by atoms with van der Waals surface area (Å²) >= 11 is 1.45. The van der Waals surface area contributed by atoms with Crippen LogP contribution in [0.2, 0.25) is 0 Å². The molecule has 166 valence electrons. The largest absolute Gasteiger partial charge is 0.497 e. The molecule has 0 saturated heterocycles. The topological polar surface area (TPSA) is 119 Å². The molecule has 1 heterocycles. The minimum absolute atomic E-state index is 0.0848. The Bertz CT molecular complexity index is 859. The van der Waals surface area contributed by atoms with E-state index in [1.165, 1.54) is 11.3 Å². The third-order valence-electron chi connectivity index (χ3n) is 4.73. The molecule has 0 amide bonds. The number of nitrogens with two attached hydrogens (primary N) is 1. The van der Waals surface area contributed by atoms with Crippen molar-refractivity contribution in [1.29, 1.82) is 0 Å². The maximum absolute atomic E-state index is 12.4. The van der Waals surface area contributed by atoms with Gasteiger partial charge in [-0.15, -0.1) is 11.3 Å². The van der Waals surface area contributed by atoms with Crippen molar-refractivity contribution in [3.63, 3.8) is 0 Å². The molecule has 1 aromatic carbocycles. The number of aryl methyl sites for hydroxylation is 1. The lowest BCUT2D eigenvalue weighted by atomic mass is 9.94. The number of thiophene rings is 1. The quantitative estimate of drug-likeness (QED) is 0.237. The standard InChI is InChI=1S/C21H30NO6PS/c1-21(22,13-15-29(24,25)26)12-11-18-9-10-20(30-18)19(23)4-3-14-28-17-7-5-16(27-2)6-8-17/h5-10H,3-4,11-15,22H2,1-2H3,(H2,24,25,26). The zero-order chi connectivity index (χ0) is 22.2. The number of hydrogen-bond acceptors (Lipinski definition) is 6. The number of hydrogen-bond donors (Lipinski definition) is 3. The van der Waals surface area contributed by atoms with Crippen molar-refractivity contribution in [2.45, 2.75) is 44.6 Å². The van der Waals surface area contributed by atoms with E-state index >= 15 is 0 Å². The normalized spacial score (nSPS) is 13.6. The van der Waals surface area contributed by atoms with Gasteiger partial charge in [-0.2, -0.15) is 0 Å². The van der Waals surface area contributed by atoms with Crippen LogP contribution in [0.4, 0.5) is 0 Å². The van der Waals surface area contributed by atoms with Crippen molar-refractivity contribution in [1.82, 2.24) is 0 Å². The highest BCUT2D eigenvalue weighted by Crippen LogP contribution is 2.37. The number of rotatable bonds is 13. The van der Waals surface area contributed by atoms with E-state index in [-0.39, 0.29) is 18.4 Å². The Balaban J connectivity index is 1.72. The molecule has 9 heteroatoms. The molecular formula is C21H30NO6PS. The van der Waals surface area contributed by atoms with Gasteiger partial charge in [-0.05, 0) is 69.0 Å². The highest BCUT2D eigenvalue weighted by Gasteiger charge is 2.24. The fourth-order valence-corrected chi connectivity index (χ4v) is 4.59. The van der Waals surface area contributed by atoms with Gasteiger partial charge in [0.2, 0.25) is 0 Å². The van der Waals surface area contributed by atoms with E-state index in [0.29, 0.717) is 37.2 Å². The van der Waals surface area contributed by atoms with Crippen molar-refractivity contribution < 1.29 is 28.6 Å². The van der Waals surface area contributed by atoms with E-state index in [4.69, 9.17) is 25.0 Å². The lowest BCUT2D eigenvalue weighted by Gasteiger charge is -2.24. The van der Waals surface area contributed by atoms with Crippen LogP contribution in [0.3, 0.4) is 0 Å². The predicted octanol–water partition coefficient (Wildman–Crippen LogP) is 4.02. The summed E-state index contributed by atoms with van der Waals surface area (Å²) in [5.74, 6) is 1.59. The van der Waals surface area contributed by atoms with Crippen LogP contribution >= 0.6 is 18.9 Å². The predicted molar refractivity (Wildman–Crippen MR) is 119 cm³/mol. The minimum Gasteiger partial charge on any atom is -0.497 e. The first-order valence-electron chi connectivity index (χ1n) is 9.80. The molecule has 1 unspecified atom stereocenters. The highest BCUT2D eigenvalue weighted by molar-refractivity contribution is 7.51. The van der Waals surface area contributed by atoms with E-state index in [2.05, 4.69) is 0 Å². The first-order valence-corrected chi connectivity index (χ1v) is 12.4. The van der Waals surface area contributed by atoms with Crippen molar-refractivity contribution in [3.05, 3.63) is 46.2 Å². The molecular weight excluding hydrogens is 425 g/mol. The number of ketones is 1. The van der Waals surface area contributed by atoms with Gasteiger partial charge in [0.05, 0.1) is 24.8 Å². The van der Waals surface area contributed by atoms with Gasteiger partial charge < -0.3 is 25.0 Å². The molecule has 0 saturated carbocycles. The van der Waals surface area contributed by atoms with Crippen LogP contribution in [0, 0.1) is 0 Å². The summed E-state index contributed by atoms with van der Waals surface area (Å²) < 4.78 is 21.8. The van der Waals surface area contributed by atoms with Gasteiger partial charge >= 0.3 is 7.60 Å². The molecule has 0 bridgehead atoms. The first-order chi connectivity index (χ1) is 14.1. The maximum atomic E-state index is 12.4. The number of ether oxygens (including phenoxy) is 2. The maximum Gasteiger partial charge on any atom is 0.325 e. The SMILES string of the molecule is COc1ccc(OCCCC(=O)c2ccc(CCC(C)(N)CCP(=O)(O)O)s2)cc1. The molecule has 0 aliphatic heterocycles. The second kappa shape index (κ2) is 11.1. The van der Waals surface area contributed by atoms with Crippen LogP contribution in [-0.4, -0.2) is 41.0 Å². The van der Waals surface area contributed by atoms with E-state index in [1.54, 1.807) is 14.0 Å². The van der Waals surface area contributed by atoms with E-state index < -0.39 is 13.1 Å². The molecule has 0 fully saturated rings. The van der Waals surface area contributed by atoms with Crippen LogP contribution < -0.4 is 15.2 Å². The Morgan fingerprint density at radius 2 is 1.80 bits per heavy atom. The zero-order valence-corrected chi connectivity index (χ0v) is 19.1. The Hall–Kier alpha value is -1.70. The van der Waals surface area contributed by atoms with Crippen molar-refractivity contribution in [2.75, 3.05) is 19.9 Å². The zero-order valence-electron chi connectivity index (χ0n) is 17.4. The summed E-state index contributed by atoms with van der Waals surface area (Å²) in [4.78, 5) is 32.2. The van der Waals surface area contributed by atoms with Crippen molar-refractivity contribution >= 4 is 24.7 Å². The van der Waals surface area contributed by atoms with Gasteiger partial charge in [-0.3, -0.25) is 9.36 Å². The monoisotopic (exact) mass is 455 g/mol. The van der Waals surface area contributed by atoms with Crippen molar-refractivity contribution in [3.8, 4) is 11.5 Å². The Morgan fingerprint density at radius 1 is 1.13 bits per heavy atom. The van der Waals surface area contributed by atoms with Gasteiger partial charge in [0, 0.05) is 16.8 Å². The average molecular weight is 456 g/mol. The molecule has 0 spiro atoms. The second-order valence-electron chi connectivity index (χ2n) is 7.61. The molecule has 1 aromatic heterocycles. The third kappa shape index (κ3) is 8.98. The molecule has 2 rings (SSSR count). The van der Waals surface area contributed by atoms with Crippen LogP contribution in [0.1, 0.15) is 47.2 Å². The summed E-state index contributed by atoms with van der Waals surface area (Å²) in [6.07, 6.45) is 2.34. The number of carbonyl (C=O) groups is 1. The van der Waals surface area contributed by atoms with Gasteiger partial charge in [-0.1, -0.05) is 0 Å². The first kappa shape index (κ1) is 24.6. The smallest absolute Gasteiger partial charge is 0.325 e. The molecule has 30 heavy (non-hydrogen) atoms. The fraction of sp³-hybridized carbons (Fsp3) is 0.476. The third-order valence-corrected chi connectivity index (χ3v) is 6.72. The summed E-state index contributed by atoms with van der Waals surface area (Å²) in [5, 5.41) is 0. The van der Waals surface area contributed by atoms with Crippen molar-refractivity contribution in [2.24, 2.45) is 5.73 Å². The number of benzene rings is 1. The Labute approximate surface area is 181 Å². The molecule has 0 aliphatic rings. The number of Topliss-reactive ketones (excluding diaryl/α,β-unsaturated/α-hetero) is 1. The second-order valence-corrected chi connectivity index (χ2v) is 10.6. The van der Waals surface area contributed by atoms with E-state index in [9.17, 15) is 9.36 Å². The molecule has 4 N–H and O–H groups in total. The minimum atomic E-state index is -4.04. The molecule has 1 atom stereocenters. The molecule has 7 nitrogen and oxygen atoms in total. The van der Waals surface area contributed by atoms with E-state index in [0.717, 1.165) is 16.4 Å².